The fourth-order valence-corrected chi connectivity index (χ4v) is 3.68. The number of hydrogen-bond donors (Lipinski definition) is 4. The standard InChI is InChI=1S/C15H13N3O.C9H13N3O3/c16-14-15(19)17-12-9-5-4-8-11(12)13(18-14)10-6-2-1-3-7-10;10-9(15-11)8-7(1-4-14-8)12-2-5-13-6-3-12/h1-9,14H,16H2,(H,17,19);1,4,10H,2-3,5-6,11H2. The molecule has 176 valence electrons. The van der Waals surface area contributed by atoms with Gasteiger partial charge in [-0.2, -0.15) is 5.90 Å². The van der Waals surface area contributed by atoms with Gasteiger partial charge in [-0.3, -0.25) is 15.2 Å². The third-order valence-electron chi connectivity index (χ3n) is 5.34. The van der Waals surface area contributed by atoms with Crippen LogP contribution in [0.5, 0.6) is 0 Å². The van der Waals surface area contributed by atoms with Gasteiger partial charge in [0.05, 0.1) is 36.6 Å². The number of furan rings is 1. The zero-order valence-corrected chi connectivity index (χ0v) is 18.4. The summed E-state index contributed by atoms with van der Waals surface area (Å²) in [7, 11) is 0. The Balaban J connectivity index is 0.000000166. The first kappa shape index (κ1) is 23.2. The second-order valence-corrected chi connectivity index (χ2v) is 7.50. The predicted octanol–water partition coefficient (Wildman–Crippen LogP) is 2.09. The minimum atomic E-state index is -0.886. The number of aliphatic imine (C=N–C) groups is 1. The van der Waals surface area contributed by atoms with Crippen LogP contribution in [0.4, 0.5) is 11.4 Å². The van der Waals surface area contributed by atoms with Crippen molar-refractivity contribution in [2.45, 2.75) is 6.17 Å². The van der Waals surface area contributed by atoms with Gasteiger partial charge in [0.15, 0.2) is 6.17 Å². The zero-order chi connectivity index (χ0) is 23.9. The quantitative estimate of drug-likeness (QED) is 0.264. The van der Waals surface area contributed by atoms with Gasteiger partial charge in [0.25, 0.3) is 11.8 Å². The SMILES string of the molecule is N=C(ON)c1occc1N1CCOCC1.NC1N=C(c2ccccc2)c2ccccc2NC1=O. The Bertz CT molecular complexity index is 1170. The van der Waals surface area contributed by atoms with E-state index in [2.05, 4.69) is 20.0 Å². The summed E-state index contributed by atoms with van der Waals surface area (Å²) in [4.78, 5) is 22.6. The first-order chi connectivity index (χ1) is 16.6. The topological polar surface area (TPSA) is 152 Å². The highest BCUT2D eigenvalue weighted by molar-refractivity contribution is 6.19. The molecule has 1 atom stereocenters. The Hall–Kier alpha value is -3.99. The lowest BCUT2D eigenvalue weighted by molar-refractivity contribution is -0.117. The Morgan fingerprint density at radius 3 is 2.53 bits per heavy atom. The van der Waals surface area contributed by atoms with E-state index in [0.29, 0.717) is 19.0 Å². The van der Waals surface area contributed by atoms with Gasteiger partial charge >= 0.3 is 0 Å². The summed E-state index contributed by atoms with van der Waals surface area (Å²) in [5, 5.41) is 10.2. The van der Waals surface area contributed by atoms with Crippen molar-refractivity contribution in [3.8, 4) is 0 Å². The number of carbonyl (C=O) groups is 1. The van der Waals surface area contributed by atoms with Gasteiger partial charge in [-0.15, -0.1) is 0 Å². The summed E-state index contributed by atoms with van der Waals surface area (Å²) in [6, 6.07) is 19.1. The van der Waals surface area contributed by atoms with Gasteiger partial charge in [0.1, 0.15) is 0 Å². The monoisotopic (exact) mass is 462 g/mol. The number of nitrogens with zero attached hydrogens (tertiary/aromatic N) is 2. The summed E-state index contributed by atoms with van der Waals surface area (Å²) >= 11 is 0. The molecule has 2 aromatic carbocycles. The van der Waals surface area contributed by atoms with E-state index in [-0.39, 0.29) is 11.8 Å². The van der Waals surface area contributed by atoms with E-state index in [4.69, 9.17) is 26.2 Å². The molecule has 2 aliphatic rings. The van der Waals surface area contributed by atoms with Crippen molar-refractivity contribution >= 4 is 28.9 Å². The van der Waals surface area contributed by atoms with Crippen LogP contribution in [0.2, 0.25) is 0 Å². The van der Waals surface area contributed by atoms with Crippen molar-refractivity contribution in [3.05, 3.63) is 83.8 Å². The van der Waals surface area contributed by atoms with E-state index >= 15 is 0 Å². The molecule has 0 radical (unpaired) electrons. The van der Waals surface area contributed by atoms with Gasteiger partial charge in [-0.25, -0.2) is 0 Å². The van der Waals surface area contributed by atoms with E-state index in [0.717, 1.165) is 41.3 Å². The molecule has 0 bridgehead atoms. The average Bonchev–Trinajstić information content (AvgIpc) is 3.34. The van der Waals surface area contributed by atoms with Gasteiger partial charge in [-0.1, -0.05) is 48.5 Å². The lowest BCUT2D eigenvalue weighted by Crippen LogP contribution is -2.36. The summed E-state index contributed by atoms with van der Waals surface area (Å²) in [5.74, 6) is 4.84. The van der Waals surface area contributed by atoms with Crippen molar-refractivity contribution in [1.82, 2.24) is 0 Å². The fraction of sp³-hybridized carbons (Fsp3) is 0.208. The molecule has 6 N–H and O–H groups in total. The first-order valence-electron chi connectivity index (χ1n) is 10.7. The highest BCUT2D eigenvalue weighted by Gasteiger charge is 2.22. The molecular formula is C24H26N6O4. The molecule has 34 heavy (non-hydrogen) atoms. The van der Waals surface area contributed by atoms with Crippen LogP contribution in [0.25, 0.3) is 0 Å². The lowest BCUT2D eigenvalue weighted by atomic mass is 10.0. The second-order valence-electron chi connectivity index (χ2n) is 7.50. The van der Waals surface area contributed by atoms with Crippen LogP contribution in [0.3, 0.4) is 0 Å². The number of amides is 1. The Labute approximate surface area is 196 Å². The van der Waals surface area contributed by atoms with Crippen LogP contribution in [0, 0.1) is 5.41 Å². The minimum absolute atomic E-state index is 0.165. The maximum absolute atomic E-state index is 11.8. The number of benzene rings is 2. The Kier molecular flexibility index (Phi) is 7.33. The molecule has 10 heteroatoms. The molecule has 2 aliphatic heterocycles. The molecular weight excluding hydrogens is 436 g/mol. The highest BCUT2D eigenvalue weighted by atomic mass is 16.6. The molecule has 0 aliphatic carbocycles. The largest absolute Gasteiger partial charge is 0.457 e. The van der Waals surface area contributed by atoms with Crippen molar-refractivity contribution < 1.29 is 18.8 Å². The van der Waals surface area contributed by atoms with Crippen molar-refractivity contribution in [2.24, 2.45) is 16.6 Å². The number of nitrogens with two attached hydrogens (primary N) is 2. The van der Waals surface area contributed by atoms with E-state index in [1.54, 1.807) is 6.07 Å². The van der Waals surface area contributed by atoms with E-state index in [1.165, 1.54) is 6.26 Å². The van der Waals surface area contributed by atoms with Crippen molar-refractivity contribution in [1.29, 1.82) is 5.41 Å². The molecule has 1 saturated heterocycles. The number of rotatable bonds is 3. The zero-order valence-electron chi connectivity index (χ0n) is 18.4. The molecule has 1 unspecified atom stereocenters. The normalized spacial score (nSPS) is 17.4. The lowest BCUT2D eigenvalue weighted by Gasteiger charge is -2.28. The highest BCUT2D eigenvalue weighted by Crippen LogP contribution is 2.24. The first-order valence-corrected chi connectivity index (χ1v) is 10.7. The summed E-state index contributed by atoms with van der Waals surface area (Å²) < 4.78 is 10.4. The number of hydrogen-bond acceptors (Lipinski definition) is 9. The maximum atomic E-state index is 11.8. The van der Waals surface area contributed by atoms with Crippen LogP contribution >= 0.6 is 0 Å². The number of nitrogens with one attached hydrogen (secondary N) is 2. The maximum Gasteiger partial charge on any atom is 0.275 e. The van der Waals surface area contributed by atoms with Gasteiger partial charge in [-0.05, 0) is 6.07 Å². The van der Waals surface area contributed by atoms with E-state index < -0.39 is 6.17 Å². The Morgan fingerprint density at radius 2 is 1.79 bits per heavy atom. The predicted molar refractivity (Wildman–Crippen MR) is 129 cm³/mol. The average molecular weight is 463 g/mol. The molecule has 1 amide bonds. The number of anilines is 2. The number of fused-ring (bicyclic) bond motifs is 1. The van der Waals surface area contributed by atoms with Crippen LogP contribution in [0.15, 0.2) is 76.3 Å². The fourth-order valence-electron chi connectivity index (χ4n) is 3.68. The van der Waals surface area contributed by atoms with Gasteiger partial charge in [0, 0.05) is 30.3 Å². The van der Waals surface area contributed by atoms with Gasteiger partial charge < -0.3 is 29.9 Å². The number of carbonyl (C=O) groups excluding carboxylic acids is 1. The van der Waals surface area contributed by atoms with Crippen LogP contribution in [0.1, 0.15) is 16.9 Å². The van der Waals surface area contributed by atoms with Gasteiger partial charge in [0.2, 0.25) is 5.76 Å². The summed E-state index contributed by atoms with van der Waals surface area (Å²) in [5.41, 5.74) is 9.92. The summed E-state index contributed by atoms with van der Waals surface area (Å²) in [6.45, 7) is 2.93. The van der Waals surface area contributed by atoms with E-state index in [1.807, 2.05) is 54.6 Å². The Morgan fingerprint density at radius 1 is 1.09 bits per heavy atom. The second kappa shape index (κ2) is 10.8. The van der Waals surface area contributed by atoms with Crippen LogP contribution in [-0.4, -0.2) is 50.0 Å². The minimum Gasteiger partial charge on any atom is -0.457 e. The smallest absolute Gasteiger partial charge is 0.275 e. The van der Waals surface area contributed by atoms with Crippen LogP contribution in [-0.2, 0) is 14.4 Å². The molecule has 3 heterocycles. The van der Waals surface area contributed by atoms with Crippen molar-refractivity contribution in [2.75, 3.05) is 36.5 Å². The number of ether oxygens (including phenoxy) is 1. The summed E-state index contributed by atoms with van der Waals surface area (Å²) in [6.07, 6.45) is 0.635. The van der Waals surface area contributed by atoms with E-state index in [9.17, 15) is 4.79 Å². The number of benzodiazepines with no additional fused rings is 1. The molecule has 5 rings (SSSR count). The molecule has 1 aromatic heterocycles. The molecule has 0 saturated carbocycles. The van der Waals surface area contributed by atoms with Crippen LogP contribution < -0.4 is 21.8 Å². The molecule has 1 fully saturated rings. The number of morpholine rings is 1. The molecule has 3 aromatic rings. The molecule has 0 spiro atoms. The third-order valence-corrected chi connectivity index (χ3v) is 5.34. The van der Waals surface area contributed by atoms with Crippen molar-refractivity contribution in [3.63, 3.8) is 0 Å². The number of para-hydroxylation sites is 1. The third kappa shape index (κ3) is 5.15. The molecule has 10 nitrogen and oxygen atoms in total.